The molecule has 1 N–H and O–H groups in total. The molecule has 1 amide bonds. The number of nitrogens with zero attached hydrogens (tertiary/aromatic N) is 1. The molecule has 0 unspecified atom stereocenters. The lowest BCUT2D eigenvalue weighted by Gasteiger charge is -2.26. The summed E-state index contributed by atoms with van der Waals surface area (Å²) in [4.78, 5) is 12.7. The molecule has 1 aromatic carbocycles. The molecule has 6 heteroatoms. The number of thioether (sulfide) groups is 1. The predicted molar refractivity (Wildman–Crippen MR) is 72.7 cm³/mol. The van der Waals surface area contributed by atoms with Crippen molar-refractivity contribution in [1.82, 2.24) is 10.4 Å². The molecule has 0 spiro atoms. The van der Waals surface area contributed by atoms with Gasteiger partial charge in [-0.3, -0.25) is 10.2 Å². The average Bonchev–Trinajstić information content (AvgIpc) is 2.39. The number of hydrogen-bond donors (Lipinski definition) is 1. The second-order valence-corrected chi connectivity index (χ2v) is 5.36. The van der Waals surface area contributed by atoms with Gasteiger partial charge < -0.3 is 4.74 Å². The summed E-state index contributed by atoms with van der Waals surface area (Å²) >= 11 is 7.29. The topological polar surface area (TPSA) is 41.6 Å². The van der Waals surface area contributed by atoms with E-state index in [0.717, 1.165) is 18.0 Å². The van der Waals surface area contributed by atoms with Crippen LogP contribution in [0.1, 0.15) is 0 Å². The van der Waals surface area contributed by atoms with Crippen molar-refractivity contribution in [2.24, 2.45) is 0 Å². The zero-order valence-corrected chi connectivity index (χ0v) is 11.5. The molecule has 1 aliphatic heterocycles. The molecule has 18 heavy (non-hydrogen) atoms. The summed E-state index contributed by atoms with van der Waals surface area (Å²) in [6.07, 6.45) is 0. The summed E-state index contributed by atoms with van der Waals surface area (Å²) in [5, 5.41) is 2.60. The average molecular weight is 287 g/mol. The number of nitrogens with one attached hydrogen (secondary N) is 1. The fourth-order valence-electron chi connectivity index (χ4n) is 1.56. The predicted octanol–water partition coefficient (Wildman–Crippen LogP) is 1.80. The molecular weight excluding hydrogens is 272 g/mol. The summed E-state index contributed by atoms with van der Waals surface area (Å²) in [6.45, 7) is 2.84. The first-order valence-corrected chi connectivity index (χ1v) is 7.11. The van der Waals surface area contributed by atoms with E-state index in [2.05, 4.69) is 5.43 Å². The van der Waals surface area contributed by atoms with Crippen molar-refractivity contribution in [2.45, 2.75) is 4.90 Å². The van der Waals surface area contributed by atoms with Crippen LogP contribution in [0.4, 0.5) is 0 Å². The van der Waals surface area contributed by atoms with Crippen LogP contribution in [0, 0.1) is 0 Å². The highest BCUT2D eigenvalue weighted by molar-refractivity contribution is 8.00. The Labute approximate surface area is 116 Å². The highest BCUT2D eigenvalue weighted by Crippen LogP contribution is 2.19. The van der Waals surface area contributed by atoms with Crippen LogP contribution in [0.25, 0.3) is 0 Å². The Morgan fingerprint density at radius 1 is 1.33 bits per heavy atom. The summed E-state index contributed by atoms with van der Waals surface area (Å²) in [5.74, 6) is 0.413. The zero-order chi connectivity index (χ0) is 12.8. The number of morpholine rings is 1. The lowest BCUT2D eigenvalue weighted by Crippen LogP contribution is -2.48. The molecule has 0 saturated carbocycles. The normalized spacial score (nSPS) is 16.5. The fourth-order valence-corrected chi connectivity index (χ4v) is 2.38. The molecule has 1 aliphatic rings. The Balaban J connectivity index is 1.72. The molecule has 4 nitrogen and oxygen atoms in total. The summed E-state index contributed by atoms with van der Waals surface area (Å²) in [5.41, 5.74) is 2.87. The van der Waals surface area contributed by atoms with E-state index in [0.29, 0.717) is 24.0 Å². The van der Waals surface area contributed by atoms with E-state index < -0.39 is 0 Å². The molecule has 1 heterocycles. The van der Waals surface area contributed by atoms with Crippen molar-refractivity contribution in [2.75, 3.05) is 32.1 Å². The Bertz CT molecular complexity index is 394. The molecule has 0 aliphatic carbocycles. The Morgan fingerprint density at radius 2 is 2.00 bits per heavy atom. The number of carbonyl (C=O) groups is 1. The highest BCUT2D eigenvalue weighted by atomic mass is 35.5. The molecular formula is C12H15ClN2O2S. The molecule has 98 valence electrons. The maximum absolute atomic E-state index is 11.7. The van der Waals surface area contributed by atoms with Gasteiger partial charge in [0.1, 0.15) is 0 Å². The van der Waals surface area contributed by atoms with Gasteiger partial charge in [0.05, 0.1) is 19.0 Å². The fraction of sp³-hybridized carbons (Fsp3) is 0.417. The number of halogens is 1. The Morgan fingerprint density at radius 3 is 2.67 bits per heavy atom. The highest BCUT2D eigenvalue weighted by Gasteiger charge is 2.12. The van der Waals surface area contributed by atoms with Crippen LogP contribution in [0.5, 0.6) is 0 Å². The Kier molecular flexibility index (Phi) is 5.31. The molecule has 1 fully saturated rings. The second kappa shape index (κ2) is 6.99. The van der Waals surface area contributed by atoms with Gasteiger partial charge in [-0.15, -0.1) is 11.8 Å². The van der Waals surface area contributed by atoms with Crippen molar-refractivity contribution in [3.05, 3.63) is 29.3 Å². The van der Waals surface area contributed by atoms with E-state index in [1.165, 1.54) is 11.8 Å². The van der Waals surface area contributed by atoms with Crippen molar-refractivity contribution < 1.29 is 9.53 Å². The first-order chi connectivity index (χ1) is 8.74. The third-order valence-electron chi connectivity index (χ3n) is 2.48. The summed E-state index contributed by atoms with van der Waals surface area (Å²) in [7, 11) is 0. The molecule has 1 saturated heterocycles. The largest absolute Gasteiger partial charge is 0.379 e. The van der Waals surface area contributed by atoms with Crippen LogP contribution in [-0.4, -0.2) is 43.0 Å². The molecule has 0 radical (unpaired) electrons. The van der Waals surface area contributed by atoms with Gasteiger partial charge in [-0.25, -0.2) is 5.01 Å². The standard InChI is InChI=1S/C12H15ClN2O2S/c13-10-1-3-11(4-2-10)18-9-12(16)14-15-5-7-17-8-6-15/h1-4H,5-9H2,(H,14,16). The van der Waals surface area contributed by atoms with Gasteiger partial charge in [-0.1, -0.05) is 11.6 Å². The third-order valence-corrected chi connectivity index (χ3v) is 3.74. The lowest BCUT2D eigenvalue weighted by atomic mass is 10.4. The molecule has 0 bridgehead atoms. The SMILES string of the molecule is O=C(CSc1ccc(Cl)cc1)NN1CCOCC1. The quantitative estimate of drug-likeness (QED) is 0.857. The number of benzene rings is 1. The van der Waals surface area contributed by atoms with Gasteiger partial charge >= 0.3 is 0 Å². The zero-order valence-electron chi connectivity index (χ0n) is 9.89. The van der Waals surface area contributed by atoms with Crippen LogP contribution in [0.15, 0.2) is 29.2 Å². The number of amides is 1. The van der Waals surface area contributed by atoms with Gasteiger partial charge in [-0.2, -0.15) is 0 Å². The minimum Gasteiger partial charge on any atom is -0.379 e. The van der Waals surface area contributed by atoms with E-state index in [1.807, 2.05) is 29.3 Å². The van der Waals surface area contributed by atoms with E-state index in [1.54, 1.807) is 0 Å². The molecule has 2 rings (SSSR count). The number of carbonyl (C=O) groups excluding carboxylic acids is 1. The molecule has 0 atom stereocenters. The van der Waals surface area contributed by atoms with E-state index >= 15 is 0 Å². The first kappa shape index (κ1) is 13.7. The van der Waals surface area contributed by atoms with Crippen molar-refractivity contribution in [3.63, 3.8) is 0 Å². The Hall–Kier alpha value is -0.750. The van der Waals surface area contributed by atoms with E-state index in [4.69, 9.17) is 16.3 Å². The smallest absolute Gasteiger partial charge is 0.244 e. The molecule has 1 aromatic rings. The van der Waals surface area contributed by atoms with E-state index in [-0.39, 0.29) is 5.91 Å². The van der Waals surface area contributed by atoms with Crippen LogP contribution >= 0.6 is 23.4 Å². The number of hydrogen-bond acceptors (Lipinski definition) is 4. The van der Waals surface area contributed by atoms with Crippen LogP contribution in [0.3, 0.4) is 0 Å². The van der Waals surface area contributed by atoms with E-state index in [9.17, 15) is 4.79 Å². The van der Waals surface area contributed by atoms with Crippen molar-refractivity contribution in [3.8, 4) is 0 Å². The van der Waals surface area contributed by atoms with Gasteiger partial charge in [-0.05, 0) is 24.3 Å². The monoisotopic (exact) mass is 286 g/mol. The van der Waals surface area contributed by atoms with Crippen LogP contribution in [-0.2, 0) is 9.53 Å². The van der Waals surface area contributed by atoms with Gasteiger partial charge in [0.15, 0.2) is 0 Å². The number of hydrazine groups is 1. The molecule has 0 aromatic heterocycles. The van der Waals surface area contributed by atoms with Gasteiger partial charge in [0, 0.05) is 23.0 Å². The summed E-state index contributed by atoms with van der Waals surface area (Å²) in [6, 6.07) is 7.47. The maximum atomic E-state index is 11.7. The number of rotatable bonds is 4. The minimum atomic E-state index is 0.0110. The van der Waals surface area contributed by atoms with Crippen molar-refractivity contribution >= 4 is 29.3 Å². The minimum absolute atomic E-state index is 0.0110. The lowest BCUT2D eigenvalue weighted by molar-refractivity contribution is -0.125. The number of ether oxygens (including phenoxy) is 1. The van der Waals surface area contributed by atoms with Gasteiger partial charge in [0.25, 0.3) is 0 Å². The van der Waals surface area contributed by atoms with Crippen LogP contribution in [0.2, 0.25) is 5.02 Å². The maximum Gasteiger partial charge on any atom is 0.244 e. The third kappa shape index (κ3) is 4.49. The van der Waals surface area contributed by atoms with Crippen LogP contribution < -0.4 is 5.43 Å². The van der Waals surface area contributed by atoms with Gasteiger partial charge in [0.2, 0.25) is 5.91 Å². The van der Waals surface area contributed by atoms with Crippen molar-refractivity contribution in [1.29, 1.82) is 0 Å². The first-order valence-electron chi connectivity index (χ1n) is 5.74. The summed E-state index contributed by atoms with van der Waals surface area (Å²) < 4.78 is 5.21. The second-order valence-electron chi connectivity index (χ2n) is 3.88.